The summed E-state index contributed by atoms with van der Waals surface area (Å²) in [5.41, 5.74) is 1.32. The Morgan fingerprint density at radius 3 is 2.65 bits per heavy atom. The van der Waals surface area contributed by atoms with Crippen LogP contribution in [0.3, 0.4) is 0 Å². The van der Waals surface area contributed by atoms with Gasteiger partial charge in [0.25, 0.3) is 0 Å². The third-order valence-electron chi connectivity index (χ3n) is 3.45. The van der Waals surface area contributed by atoms with Crippen molar-refractivity contribution in [3.63, 3.8) is 0 Å². The van der Waals surface area contributed by atoms with Gasteiger partial charge in [0.1, 0.15) is 5.82 Å². The van der Waals surface area contributed by atoms with Crippen LogP contribution >= 0.6 is 15.9 Å². The third-order valence-corrected chi connectivity index (χ3v) is 3.98. The number of nitrogens with one attached hydrogen (secondary N) is 1. The van der Waals surface area contributed by atoms with Crippen LogP contribution in [-0.2, 0) is 13.1 Å². The second kappa shape index (κ2) is 7.60. The normalized spacial score (nSPS) is 12.6. The van der Waals surface area contributed by atoms with Crippen LogP contribution in [0, 0.1) is 0 Å². The lowest BCUT2D eigenvalue weighted by molar-refractivity contribution is 0.493. The Labute approximate surface area is 129 Å². The van der Waals surface area contributed by atoms with Gasteiger partial charge in [-0.1, -0.05) is 41.9 Å². The van der Waals surface area contributed by atoms with Crippen LogP contribution in [0.25, 0.3) is 0 Å². The number of hydrogen-bond acceptors (Lipinski definition) is 2. The minimum absolute atomic E-state index is 0.370. The lowest BCUT2D eigenvalue weighted by Gasteiger charge is -2.18. The molecule has 4 heteroatoms. The van der Waals surface area contributed by atoms with Crippen LogP contribution in [0.4, 0.5) is 0 Å². The van der Waals surface area contributed by atoms with Crippen molar-refractivity contribution in [1.29, 1.82) is 0 Å². The van der Waals surface area contributed by atoms with Gasteiger partial charge in [0, 0.05) is 29.5 Å². The number of rotatable bonds is 7. The van der Waals surface area contributed by atoms with Crippen molar-refractivity contribution in [2.24, 2.45) is 0 Å². The van der Waals surface area contributed by atoms with E-state index in [1.165, 1.54) is 5.56 Å². The second-order valence-corrected chi connectivity index (χ2v) is 5.85. The molecule has 20 heavy (non-hydrogen) atoms. The lowest BCUT2D eigenvalue weighted by atomic mass is 10.0. The summed E-state index contributed by atoms with van der Waals surface area (Å²) in [5.74, 6) is 1.11. The van der Waals surface area contributed by atoms with Gasteiger partial charge in [0.05, 0.1) is 6.54 Å². The van der Waals surface area contributed by atoms with Gasteiger partial charge in [-0.3, -0.25) is 0 Å². The molecular formula is C16H22BrN3. The smallest absolute Gasteiger partial charge is 0.122 e. The van der Waals surface area contributed by atoms with E-state index in [0.29, 0.717) is 6.04 Å². The first kappa shape index (κ1) is 15.3. The highest BCUT2D eigenvalue weighted by molar-refractivity contribution is 9.10. The minimum atomic E-state index is 0.370. The molecule has 1 unspecified atom stereocenters. The Morgan fingerprint density at radius 1 is 1.25 bits per heavy atom. The van der Waals surface area contributed by atoms with E-state index in [4.69, 9.17) is 0 Å². The van der Waals surface area contributed by atoms with Gasteiger partial charge >= 0.3 is 0 Å². The molecule has 2 rings (SSSR count). The number of imidazole rings is 1. The highest BCUT2D eigenvalue weighted by Crippen LogP contribution is 2.19. The van der Waals surface area contributed by atoms with E-state index in [0.717, 1.165) is 36.2 Å². The van der Waals surface area contributed by atoms with Crippen molar-refractivity contribution in [1.82, 2.24) is 14.9 Å². The van der Waals surface area contributed by atoms with E-state index >= 15 is 0 Å². The molecular weight excluding hydrogens is 314 g/mol. The molecule has 0 radical (unpaired) electrons. The number of aryl methyl sites for hydroxylation is 1. The van der Waals surface area contributed by atoms with Crippen molar-refractivity contribution in [2.75, 3.05) is 0 Å². The summed E-state index contributed by atoms with van der Waals surface area (Å²) in [5, 5.41) is 3.61. The fourth-order valence-corrected chi connectivity index (χ4v) is 2.62. The van der Waals surface area contributed by atoms with Crippen molar-refractivity contribution < 1.29 is 0 Å². The molecule has 0 aliphatic rings. The molecule has 0 amide bonds. The summed E-state index contributed by atoms with van der Waals surface area (Å²) in [4.78, 5) is 4.44. The molecule has 0 aliphatic carbocycles. The molecule has 108 valence electrons. The molecule has 3 nitrogen and oxygen atoms in total. The zero-order chi connectivity index (χ0) is 14.4. The van der Waals surface area contributed by atoms with Gasteiger partial charge in [-0.05, 0) is 30.5 Å². The monoisotopic (exact) mass is 335 g/mol. The first-order chi connectivity index (χ1) is 9.74. The number of benzene rings is 1. The molecule has 0 saturated carbocycles. The summed E-state index contributed by atoms with van der Waals surface area (Å²) >= 11 is 3.48. The summed E-state index contributed by atoms with van der Waals surface area (Å²) in [6.45, 7) is 6.24. The van der Waals surface area contributed by atoms with Crippen LogP contribution in [0.15, 0.2) is 41.1 Å². The maximum absolute atomic E-state index is 4.44. The van der Waals surface area contributed by atoms with Crippen LogP contribution in [-0.4, -0.2) is 9.55 Å². The average Bonchev–Trinajstić information content (AvgIpc) is 2.89. The van der Waals surface area contributed by atoms with Gasteiger partial charge in [-0.15, -0.1) is 0 Å². The molecule has 1 atom stereocenters. The van der Waals surface area contributed by atoms with E-state index in [-0.39, 0.29) is 0 Å². The maximum Gasteiger partial charge on any atom is 0.122 e. The molecule has 0 bridgehead atoms. The van der Waals surface area contributed by atoms with Gasteiger partial charge < -0.3 is 9.88 Å². The maximum atomic E-state index is 4.44. The fourth-order valence-electron chi connectivity index (χ4n) is 2.36. The van der Waals surface area contributed by atoms with E-state index in [1.807, 2.05) is 6.20 Å². The summed E-state index contributed by atoms with van der Waals surface area (Å²) in [6, 6.07) is 8.90. The van der Waals surface area contributed by atoms with Crippen molar-refractivity contribution in [3.05, 3.63) is 52.5 Å². The Kier molecular flexibility index (Phi) is 5.80. The van der Waals surface area contributed by atoms with E-state index in [1.54, 1.807) is 0 Å². The Balaban J connectivity index is 2.00. The predicted octanol–water partition coefficient (Wildman–Crippen LogP) is 4.30. The number of aromatic nitrogens is 2. The molecule has 0 aliphatic heterocycles. The summed E-state index contributed by atoms with van der Waals surface area (Å²) in [6.07, 6.45) is 6.14. The summed E-state index contributed by atoms with van der Waals surface area (Å²) in [7, 11) is 0. The topological polar surface area (TPSA) is 29.9 Å². The molecule has 0 spiro atoms. The van der Waals surface area contributed by atoms with Gasteiger partial charge in [-0.2, -0.15) is 0 Å². The highest BCUT2D eigenvalue weighted by Gasteiger charge is 2.10. The van der Waals surface area contributed by atoms with E-state index < -0.39 is 0 Å². The lowest BCUT2D eigenvalue weighted by Crippen LogP contribution is -2.22. The Bertz CT molecular complexity index is 519. The first-order valence-corrected chi connectivity index (χ1v) is 8.02. The molecule has 1 aromatic heterocycles. The summed E-state index contributed by atoms with van der Waals surface area (Å²) < 4.78 is 3.34. The Morgan fingerprint density at radius 2 is 2.00 bits per heavy atom. The average molecular weight is 336 g/mol. The van der Waals surface area contributed by atoms with Crippen LogP contribution in [0.5, 0.6) is 0 Å². The van der Waals surface area contributed by atoms with Crippen LogP contribution in [0.2, 0.25) is 0 Å². The third kappa shape index (κ3) is 3.93. The highest BCUT2D eigenvalue weighted by atomic mass is 79.9. The Hall–Kier alpha value is -1.13. The molecule has 0 fully saturated rings. The van der Waals surface area contributed by atoms with Gasteiger partial charge in [0.2, 0.25) is 0 Å². The molecule has 1 aromatic carbocycles. The van der Waals surface area contributed by atoms with Crippen molar-refractivity contribution in [3.8, 4) is 0 Å². The molecule has 2 aromatic rings. The molecule has 1 N–H and O–H groups in total. The largest absolute Gasteiger partial charge is 0.334 e. The quantitative estimate of drug-likeness (QED) is 0.817. The predicted molar refractivity (Wildman–Crippen MR) is 86.5 cm³/mol. The number of hydrogen-bond donors (Lipinski definition) is 1. The van der Waals surface area contributed by atoms with Crippen molar-refractivity contribution in [2.45, 2.75) is 45.8 Å². The number of halogens is 1. The van der Waals surface area contributed by atoms with Gasteiger partial charge in [0.15, 0.2) is 0 Å². The van der Waals surface area contributed by atoms with E-state index in [2.05, 4.69) is 75.1 Å². The minimum Gasteiger partial charge on any atom is -0.334 e. The van der Waals surface area contributed by atoms with Crippen LogP contribution in [0.1, 0.15) is 44.1 Å². The zero-order valence-electron chi connectivity index (χ0n) is 12.1. The first-order valence-electron chi connectivity index (χ1n) is 7.23. The van der Waals surface area contributed by atoms with Crippen molar-refractivity contribution >= 4 is 15.9 Å². The fraction of sp³-hybridized carbons (Fsp3) is 0.438. The molecule has 1 heterocycles. The van der Waals surface area contributed by atoms with Crippen LogP contribution < -0.4 is 5.32 Å². The zero-order valence-corrected chi connectivity index (χ0v) is 13.7. The second-order valence-electron chi connectivity index (χ2n) is 4.93. The standard InChI is InChI=1S/C16H22BrN3/c1-3-10-20-11-9-18-16(20)12-19-15(4-2)13-5-7-14(17)8-6-13/h5-9,11,15,19H,3-4,10,12H2,1-2H3. The van der Waals surface area contributed by atoms with Gasteiger partial charge in [-0.25, -0.2) is 4.98 Å². The SMILES string of the molecule is CCCn1ccnc1CNC(CC)c1ccc(Br)cc1. The van der Waals surface area contributed by atoms with E-state index in [9.17, 15) is 0 Å². The molecule has 0 saturated heterocycles. The number of nitrogens with zero attached hydrogens (tertiary/aromatic N) is 2.